The number of hydrogen-bond acceptors (Lipinski definition) is 5. The predicted molar refractivity (Wildman–Crippen MR) is 115 cm³/mol. The first-order chi connectivity index (χ1) is 14.0. The van der Waals surface area contributed by atoms with Gasteiger partial charge in [-0.2, -0.15) is 11.3 Å². The Bertz CT molecular complexity index is 915. The second kappa shape index (κ2) is 8.67. The highest BCUT2D eigenvalue weighted by atomic mass is 32.2. The Labute approximate surface area is 177 Å². The maximum atomic E-state index is 13.3. The van der Waals surface area contributed by atoms with E-state index in [1.54, 1.807) is 23.3 Å². The van der Waals surface area contributed by atoms with Crippen molar-refractivity contribution in [2.45, 2.75) is 42.9 Å². The Kier molecular flexibility index (Phi) is 6.01. The summed E-state index contributed by atoms with van der Waals surface area (Å²) in [5.41, 5.74) is 1.93. The summed E-state index contributed by atoms with van der Waals surface area (Å²) in [5.74, 6) is -0.143. The molecule has 1 aliphatic carbocycles. The van der Waals surface area contributed by atoms with Crippen LogP contribution in [0, 0.1) is 5.82 Å². The van der Waals surface area contributed by atoms with Gasteiger partial charge in [-0.1, -0.05) is 23.9 Å². The van der Waals surface area contributed by atoms with Gasteiger partial charge in [0.05, 0.1) is 5.69 Å². The van der Waals surface area contributed by atoms with Crippen molar-refractivity contribution >= 4 is 45.8 Å². The lowest BCUT2D eigenvalue weighted by molar-refractivity contribution is -0.130. The fourth-order valence-corrected chi connectivity index (χ4v) is 5.74. The molecule has 4 rings (SSSR count). The zero-order valence-corrected chi connectivity index (χ0v) is 17.6. The van der Waals surface area contributed by atoms with Crippen LogP contribution in [0.2, 0.25) is 0 Å². The zero-order valence-electron chi connectivity index (χ0n) is 16.0. The van der Waals surface area contributed by atoms with E-state index >= 15 is 0 Å². The summed E-state index contributed by atoms with van der Waals surface area (Å²) in [6, 6.07) is 8.60. The highest BCUT2D eigenvalue weighted by Crippen LogP contribution is 2.42. The number of amidine groups is 1. The van der Waals surface area contributed by atoms with Crippen molar-refractivity contribution < 1.29 is 14.0 Å². The molecule has 1 aliphatic heterocycles. The Balaban J connectivity index is 1.56. The molecule has 1 aromatic heterocycles. The van der Waals surface area contributed by atoms with Gasteiger partial charge in [0.2, 0.25) is 11.8 Å². The molecule has 3 unspecified atom stereocenters. The summed E-state index contributed by atoms with van der Waals surface area (Å²) >= 11 is 2.93. The number of nitrogens with one attached hydrogen (secondary N) is 1. The van der Waals surface area contributed by atoms with Crippen LogP contribution in [0.5, 0.6) is 0 Å². The number of nitrogens with zero attached hydrogens (tertiary/aromatic N) is 2. The highest BCUT2D eigenvalue weighted by molar-refractivity contribution is 8.15. The van der Waals surface area contributed by atoms with Crippen LogP contribution in [0.4, 0.5) is 10.1 Å². The van der Waals surface area contributed by atoms with Gasteiger partial charge in [0.25, 0.3) is 0 Å². The third-order valence-electron chi connectivity index (χ3n) is 5.46. The Hall–Kier alpha value is -2.19. The topological polar surface area (TPSA) is 61.8 Å². The number of thioether (sulfide) groups is 1. The minimum atomic E-state index is -0.447. The number of hydrogen-bond donors (Lipinski definition) is 1. The molecule has 1 saturated carbocycles. The molecule has 29 heavy (non-hydrogen) atoms. The number of halogens is 1. The van der Waals surface area contributed by atoms with Crippen molar-refractivity contribution in [1.82, 2.24) is 10.2 Å². The van der Waals surface area contributed by atoms with E-state index in [1.165, 1.54) is 23.9 Å². The van der Waals surface area contributed by atoms with E-state index in [0.29, 0.717) is 11.1 Å². The van der Waals surface area contributed by atoms with E-state index in [-0.39, 0.29) is 30.1 Å². The van der Waals surface area contributed by atoms with Gasteiger partial charge in [-0.3, -0.25) is 14.5 Å². The lowest BCUT2D eigenvalue weighted by Crippen LogP contribution is -2.40. The van der Waals surface area contributed by atoms with Crippen molar-refractivity contribution in [3.63, 3.8) is 0 Å². The molecule has 0 radical (unpaired) electrons. The number of benzene rings is 1. The fraction of sp³-hybridized carbons (Fsp3) is 0.381. The molecule has 1 N–H and O–H groups in total. The van der Waals surface area contributed by atoms with Crippen molar-refractivity contribution in [2.24, 2.45) is 4.99 Å². The van der Waals surface area contributed by atoms with Crippen LogP contribution in [-0.2, 0) is 9.59 Å². The molecule has 1 aromatic carbocycles. The first-order valence-electron chi connectivity index (χ1n) is 9.62. The molecule has 2 aromatic rings. The molecule has 2 amide bonds. The fourth-order valence-electron chi connectivity index (χ4n) is 3.96. The van der Waals surface area contributed by atoms with Crippen molar-refractivity contribution in [2.75, 3.05) is 7.05 Å². The first kappa shape index (κ1) is 20.1. The van der Waals surface area contributed by atoms with Crippen LogP contribution >= 0.6 is 23.1 Å². The van der Waals surface area contributed by atoms with Gasteiger partial charge in [-0.05, 0) is 54.3 Å². The molecule has 152 valence electrons. The zero-order chi connectivity index (χ0) is 20.4. The summed E-state index contributed by atoms with van der Waals surface area (Å²) in [6.07, 6.45) is 2.76. The quantitative estimate of drug-likeness (QED) is 0.768. The van der Waals surface area contributed by atoms with Crippen LogP contribution < -0.4 is 5.32 Å². The summed E-state index contributed by atoms with van der Waals surface area (Å²) in [5, 5.41) is 6.72. The van der Waals surface area contributed by atoms with Gasteiger partial charge in [0.1, 0.15) is 11.1 Å². The Morgan fingerprint density at radius 1 is 1.28 bits per heavy atom. The SMILES string of the molecule is CNC(=O)CC1SC(=Nc2ccsc2)N(C2CCC(c3ccc(F)cc3)C2)C1=O. The van der Waals surface area contributed by atoms with E-state index in [1.807, 2.05) is 29.0 Å². The number of rotatable bonds is 5. The Morgan fingerprint density at radius 3 is 2.76 bits per heavy atom. The number of aliphatic imine (C=N–C) groups is 1. The molecule has 0 spiro atoms. The second-order valence-corrected chi connectivity index (χ2v) is 9.23. The molecule has 5 nitrogen and oxygen atoms in total. The predicted octanol–water partition coefficient (Wildman–Crippen LogP) is 4.29. The average Bonchev–Trinajstić information content (AvgIpc) is 3.45. The van der Waals surface area contributed by atoms with Crippen molar-refractivity contribution in [3.05, 3.63) is 52.5 Å². The van der Waals surface area contributed by atoms with Gasteiger partial charge in [-0.25, -0.2) is 9.38 Å². The monoisotopic (exact) mass is 431 g/mol. The van der Waals surface area contributed by atoms with E-state index in [0.717, 1.165) is 30.5 Å². The van der Waals surface area contributed by atoms with Crippen molar-refractivity contribution in [1.29, 1.82) is 0 Å². The minimum absolute atomic E-state index is 0.0390. The molecule has 3 atom stereocenters. The average molecular weight is 432 g/mol. The number of carbonyl (C=O) groups excluding carboxylic acids is 2. The molecule has 2 aliphatic rings. The molecule has 1 saturated heterocycles. The number of amides is 2. The van der Waals surface area contributed by atoms with Gasteiger partial charge < -0.3 is 5.32 Å². The highest BCUT2D eigenvalue weighted by Gasteiger charge is 2.44. The first-order valence-corrected chi connectivity index (χ1v) is 11.4. The third kappa shape index (κ3) is 4.38. The van der Waals surface area contributed by atoms with E-state index < -0.39 is 5.25 Å². The maximum Gasteiger partial charge on any atom is 0.242 e. The minimum Gasteiger partial charge on any atom is -0.359 e. The van der Waals surface area contributed by atoms with Crippen LogP contribution in [0.15, 0.2) is 46.1 Å². The standard InChI is InChI=1S/C21H22FN3O2S2/c1-23-19(26)11-18-20(27)25(21(29-18)24-16-8-9-28-12-16)17-7-4-14(10-17)13-2-5-15(22)6-3-13/h2-3,5-6,8-9,12,14,17-18H,4,7,10-11H2,1H3,(H,23,26). The van der Waals surface area contributed by atoms with Gasteiger partial charge in [0.15, 0.2) is 5.17 Å². The van der Waals surface area contributed by atoms with Crippen molar-refractivity contribution in [3.8, 4) is 0 Å². The van der Waals surface area contributed by atoms with E-state index in [2.05, 4.69) is 5.32 Å². The molecule has 2 fully saturated rings. The lowest BCUT2D eigenvalue weighted by atomic mass is 9.97. The van der Waals surface area contributed by atoms with Gasteiger partial charge >= 0.3 is 0 Å². The number of thiophene rings is 1. The maximum absolute atomic E-state index is 13.3. The molecular formula is C21H22FN3O2S2. The van der Waals surface area contributed by atoms with Crippen LogP contribution in [0.25, 0.3) is 0 Å². The summed E-state index contributed by atoms with van der Waals surface area (Å²) < 4.78 is 13.3. The molecule has 8 heteroatoms. The summed E-state index contributed by atoms with van der Waals surface area (Å²) in [7, 11) is 1.58. The van der Waals surface area contributed by atoms with Crippen LogP contribution in [-0.4, -0.2) is 40.2 Å². The summed E-state index contributed by atoms with van der Waals surface area (Å²) in [6.45, 7) is 0. The van der Waals surface area contributed by atoms with E-state index in [9.17, 15) is 14.0 Å². The number of carbonyl (C=O) groups is 2. The lowest BCUT2D eigenvalue weighted by Gasteiger charge is -2.24. The third-order valence-corrected chi connectivity index (χ3v) is 7.28. The molecule has 2 heterocycles. The van der Waals surface area contributed by atoms with Crippen LogP contribution in [0.3, 0.4) is 0 Å². The normalized spacial score (nSPS) is 25.7. The second-order valence-electron chi connectivity index (χ2n) is 7.28. The molecular weight excluding hydrogens is 409 g/mol. The summed E-state index contributed by atoms with van der Waals surface area (Å²) in [4.78, 5) is 31.5. The molecule has 0 bridgehead atoms. The van der Waals surface area contributed by atoms with Gasteiger partial charge in [0, 0.05) is 24.9 Å². The van der Waals surface area contributed by atoms with Gasteiger partial charge in [-0.15, -0.1) is 0 Å². The Morgan fingerprint density at radius 2 is 2.07 bits per heavy atom. The van der Waals surface area contributed by atoms with E-state index in [4.69, 9.17) is 4.99 Å². The largest absolute Gasteiger partial charge is 0.359 e. The van der Waals surface area contributed by atoms with Crippen LogP contribution in [0.1, 0.15) is 37.2 Å². The smallest absolute Gasteiger partial charge is 0.242 e.